The van der Waals surface area contributed by atoms with Gasteiger partial charge in [-0.15, -0.1) is 0 Å². The fourth-order valence-corrected chi connectivity index (χ4v) is 5.27. The van der Waals surface area contributed by atoms with Crippen molar-refractivity contribution in [2.24, 2.45) is 0 Å². The fraction of sp³-hybridized carbons (Fsp3) is 0.364. The molecule has 2 N–H and O–H groups in total. The first-order chi connectivity index (χ1) is 15.0. The lowest BCUT2D eigenvalue weighted by Gasteiger charge is -2.24. The van der Waals surface area contributed by atoms with Crippen LogP contribution in [0.3, 0.4) is 0 Å². The van der Waals surface area contributed by atoms with Crippen LogP contribution in [0.5, 0.6) is 0 Å². The molecule has 1 saturated heterocycles. The predicted octanol–water partition coefficient (Wildman–Crippen LogP) is 2.65. The van der Waals surface area contributed by atoms with Crippen molar-refractivity contribution in [1.82, 2.24) is 4.31 Å². The topological polar surface area (TPSA) is 113 Å². The molecule has 1 amide bonds. The van der Waals surface area contributed by atoms with Crippen molar-refractivity contribution in [2.45, 2.75) is 50.3 Å². The van der Waals surface area contributed by atoms with Crippen molar-refractivity contribution in [2.75, 3.05) is 11.9 Å². The van der Waals surface area contributed by atoms with Crippen LogP contribution >= 0.6 is 11.6 Å². The van der Waals surface area contributed by atoms with E-state index in [4.69, 9.17) is 16.3 Å². The van der Waals surface area contributed by atoms with Crippen LogP contribution in [-0.4, -0.2) is 54.5 Å². The van der Waals surface area contributed by atoms with Gasteiger partial charge in [-0.3, -0.25) is 9.59 Å². The minimum Gasteiger partial charge on any atom is -0.451 e. The van der Waals surface area contributed by atoms with Gasteiger partial charge in [0, 0.05) is 13.0 Å². The Morgan fingerprint density at radius 2 is 1.88 bits per heavy atom. The number of para-hydroxylation sites is 1. The van der Waals surface area contributed by atoms with Crippen molar-refractivity contribution in [3.63, 3.8) is 0 Å². The lowest BCUT2D eigenvalue weighted by atomic mass is 10.1. The molecule has 0 radical (unpaired) electrons. The largest absolute Gasteiger partial charge is 0.451 e. The molecular weight excluding hydrogens is 456 g/mol. The summed E-state index contributed by atoms with van der Waals surface area (Å²) >= 11 is 6.02. The van der Waals surface area contributed by atoms with Crippen LogP contribution in [0.4, 0.5) is 5.69 Å². The van der Waals surface area contributed by atoms with E-state index in [0.717, 1.165) is 15.4 Å². The highest BCUT2D eigenvalue weighted by Crippen LogP contribution is 2.29. The van der Waals surface area contributed by atoms with Gasteiger partial charge in [-0.25, -0.2) is 8.42 Å². The smallest absolute Gasteiger partial charge is 0.325 e. The minimum atomic E-state index is -4.06. The number of esters is 1. The molecule has 1 heterocycles. The van der Waals surface area contributed by atoms with Gasteiger partial charge in [-0.2, -0.15) is 4.31 Å². The number of aliphatic hydroxyl groups excluding tert-OH is 1. The molecule has 2 aromatic rings. The molecule has 0 spiro atoms. The van der Waals surface area contributed by atoms with Gasteiger partial charge in [0.05, 0.1) is 21.7 Å². The van der Waals surface area contributed by atoms with Crippen molar-refractivity contribution in [3.8, 4) is 0 Å². The zero-order chi connectivity index (χ0) is 23.6. The van der Waals surface area contributed by atoms with E-state index in [1.807, 2.05) is 6.92 Å². The number of anilines is 1. The van der Waals surface area contributed by atoms with Gasteiger partial charge in [0.15, 0.2) is 6.10 Å². The van der Waals surface area contributed by atoms with Crippen molar-refractivity contribution in [1.29, 1.82) is 0 Å². The first-order valence-electron chi connectivity index (χ1n) is 10.0. The summed E-state index contributed by atoms with van der Waals surface area (Å²) in [5.41, 5.74) is 2.08. The zero-order valence-electron chi connectivity index (χ0n) is 17.9. The Balaban J connectivity index is 1.75. The number of aryl methyl sites for hydroxylation is 2. The third-order valence-corrected chi connectivity index (χ3v) is 7.58. The molecule has 32 heavy (non-hydrogen) atoms. The third kappa shape index (κ3) is 5.12. The standard InChI is InChI=1S/C22H25ClN2O6S/c1-13-8-9-17(10-14(13)2)32(29,30)25-12-16(26)11-20(25)22(28)31-15(3)21(27)24-19-7-5-4-6-18(19)23/h4-10,15-16,20,26H,11-12H2,1-3H3,(H,24,27)/t15-,16-,20+/m1/s1. The predicted molar refractivity (Wildman–Crippen MR) is 120 cm³/mol. The Hall–Kier alpha value is -2.46. The molecule has 1 fully saturated rings. The van der Waals surface area contributed by atoms with E-state index in [-0.39, 0.29) is 17.9 Å². The molecule has 2 aromatic carbocycles. The Labute approximate surface area is 192 Å². The number of sulfonamides is 1. The number of β-amino-alcohol motifs (C(OH)–C–C–N with tert-alkyl or cyclic N) is 1. The molecule has 0 aliphatic carbocycles. The second kappa shape index (κ2) is 9.58. The molecule has 0 saturated carbocycles. The number of aliphatic hydroxyl groups is 1. The van der Waals surface area contributed by atoms with Crippen LogP contribution in [0.1, 0.15) is 24.5 Å². The number of nitrogens with one attached hydrogen (secondary N) is 1. The minimum absolute atomic E-state index is 0.0250. The van der Waals surface area contributed by atoms with E-state index in [1.54, 1.807) is 37.3 Å². The molecule has 1 aliphatic heterocycles. The van der Waals surface area contributed by atoms with E-state index in [9.17, 15) is 23.1 Å². The van der Waals surface area contributed by atoms with Crippen LogP contribution < -0.4 is 5.32 Å². The lowest BCUT2D eigenvalue weighted by Crippen LogP contribution is -2.43. The van der Waals surface area contributed by atoms with Gasteiger partial charge in [0.1, 0.15) is 6.04 Å². The monoisotopic (exact) mass is 480 g/mol. The van der Waals surface area contributed by atoms with Crippen LogP contribution in [-0.2, 0) is 24.3 Å². The number of benzene rings is 2. The number of ether oxygens (including phenoxy) is 1. The Morgan fingerprint density at radius 3 is 2.53 bits per heavy atom. The summed E-state index contributed by atoms with van der Waals surface area (Å²) in [5.74, 6) is -1.52. The second-order valence-electron chi connectivity index (χ2n) is 7.77. The Bertz CT molecular complexity index is 1140. The molecular formula is C22H25ClN2O6S. The van der Waals surface area contributed by atoms with Gasteiger partial charge < -0.3 is 15.2 Å². The maximum atomic E-state index is 13.2. The highest BCUT2D eigenvalue weighted by atomic mass is 35.5. The Kier molecular flexibility index (Phi) is 7.24. The van der Waals surface area contributed by atoms with E-state index in [0.29, 0.717) is 10.7 Å². The molecule has 0 aromatic heterocycles. The summed E-state index contributed by atoms with van der Waals surface area (Å²) in [7, 11) is -4.06. The summed E-state index contributed by atoms with van der Waals surface area (Å²) in [5, 5.41) is 13.0. The van der Waals surface area contributed by atoms with Gasteiger partial charge in [-0.1, -0.05) is 29.8 Å². The average molecular weight is 481 g/mol. The molecule has 8 nitrogen and oxygen atoms in total. The van der Waals surface area contributed by atoms with Crippen LogP contribution in [0.2, 0.25) is 5.02 Å². The number of carbonyl (C=O) groups is 2. The van der Waals surface area contributed by atoms with Crippen LogP contribution in [0.15, 0.2) is 47.4 Å². The number of hydrogen-bond donors (Lipinski definition) is 2. The summed E-state index contributed by atoms with van der Waals surface area (Å²) in [6.07, 6.45) is -2.36. The summed E-state index contributed by atoms with van der Waals surface area (Å²) in [6, 6.07) is 10.0. The van der Waals surface area contributed by atoms with Gasteiger partial charge in [0.25, 0.3) is 5.91 Å². The SMILES string of the molecule is Cc1ccc(S(=O)(=O)N2C[C@H](O)C[C@H]2C(=O)O[C@H](C)C(=O)Nc2ccccc2Cl)cc1C. The molecule has 10 heteroatoms. The van der Waals surface area contributed by atoms with Gasteiger partial charge in [0.2, 0.25) is 10.0 Å². The zero-order valence-corrected chi connectivity index (χ0v) is 19.5. The summed E-state index contributed by atoms with van der Waals surface area (Å²) in [6.45, 7) is 4.78. The van der Waals surface area contributed by atoms with E-state index in [2.05, 4.69) is 5.32 Å². The molecule has 172 valence electrons. The maximum absolute atomic E-state index is 13.2. The third-order valence-electron chi connectivity index (χ3n) is 5.38. The molecule has 3 atom stereocenters. The van der Waals surface area contributed by atoms with Crippen LogP contribution in [0.25, 0.3) is 0 Å². The van der Waals surface area contributed by atoms with Crippen molar-refractivity contribution < 1.29 is 27.9 Å². The highest BCUT2D eigenvalue weighted by Gasteiger charge is 2.45. The van der Waals surface area contributed by atoms with E-state index >= 15 is 0 Å². The summed E-state index contributed by atoms with van der Waals surface area (Å²) < 4.78 is 32.5. The van der Waals surface area contributed by atoms with Crippen molar-refractivity contribution in [3.05, 3.63) is 58.6 Å². The number of hydrogen-bond acceptors (Lipinski definition) is 6. The van der Waals surface area contributed by atoms with E-state index in [1.165, 1.54) is 19.1 Å². The average Bonchev–Trinajstić information content (AvgIpc) is 3.14. The van der Waals surface area contributed by atoms with Gasteiger partial charge in [-0.05, 0) is 56.2 Å². The first kappa shape index (κ1) is 24.2. The number of rotatable bonds is 6. The first-order valence-corrected chi connectivity index (χ1v) is 11.9. The summed E-state index contributed by atoms with van der Waals surface area (Å²) in [4.78, 5) is 25.2. The van der Waals surface area contributed by atoms with E-state index < -0.39 is 40.1 Å². The van der Waals surface area contributed by atoms with Crippen molar-refractivity contribution >= 4 is 39.2 Å². The molecule has 0 unspecified atom stereocenters. The second-order valence-corrected chi connectivity index (χ2v) is 10.1. The van der Waals surface area contributed by atoms with Gasteiger partial charge >= 0.3 is 5.97 Å². The molecule has 1 aliphatic rings. The Morgan fingerprint density at radius 1 is 1.19 bits per heavy atom. The number of halogens is 1. The number of carbonyl (C=O) groups excluding carboxylic acids is 2. The quantitative estimate of drug-likeness (QED) is 0.614. The normalized spacial score (nSPS) is 20.0. The number of nitrogens with zero attached hydrogens (tertiary/aromatic N) is 1. The fourth-order valence-electron chi connectivity index (χ4n) is 3.38. The molecule has 3 rings (SSSR count). The van der Waals surface area contributed by atoms with Crippen LogP contribution in [0, 0.1) is 13.8 Å². The lowest BCUT2D eigenvalue weighted by molar-refractivity contribution is -0.156. The molecule has 0 bridgehead atoms. The highest BCUT2D eigenvalue weighted by molar-refractivity contribution is 7.89. The maximum Gasteiger partial charge on any atom is 0.325 e. The number of amides is 1.